The molecule has 1 saturated heterocycles. The van der Waals surface area contributed by atoms with Crippen molar-refractivity contribution in [1.82, 2.24) is 24.7 Å². The second-order valence-corrected chi connectivity index (χ2v) is 9.76. The molecule has 0 amide bonds. The van der Waals surface area contributed by atoms with E-state index in [1.807, 2.05) is 18.2 Å². The number of carboxylic acid groups (broad SMARTS) is 1. The SMILES string of the molecule is O=C(O)CC(c1cncc(N2CCOCC2)n1)n1ncc2cc(OCCc3ccc4c(n3)NCCC4)ccc21. The van der Waals surface area contributed by atoms with E-state index >= 15 is 0 Å². The maximum absolute atomic E-state index is 11.8. The van der Waals surface area contributed by atoms with Gasteiger partial charge in [0.05, 0.1) is 56.0 Å². The number of benzene rings is 1. The summed E-state index contributed by atoms with van der Waals surface area (Å²) in [7, 11) is 0. The summed E-state index contributed by atoms with van der Waals surface area (Å²) >= 11 is 0. The lowest BCUT2D eigenvalue weighted by Gasteiger charge is -2.28. The van der Waals surface area contributed by atoms with Gasteiger partial charge in [-0.25, -0.2) is 9.97 Å². The summed E-state index contributed by atoms with van der Waals surface area (Å²) in [4.78, 5) is 27.8. The van der Waals surface area contributed by atoms with Crippen molar-refractivity contribution in [2.24, 2.45) is 0 Å². The van der Waals surface area contributed by atoms with E-state index < -0.39 is 12.0 Å². The molecule has 2 aliphatic heterocycles. The van der Waals surface area contributed by atoms with E-state index in [9.17, 15) is 9.90 Å². The monoisotopic (exact) mass is 529 g/mol. The topological polar surface area (TPSA) is 128 Å². The molecule has 3 aromatic heterocycles. The number of aliphatic carboxylic acids is 1. The van der Waals surface area contributed by atoms with Crippen LogP contribution in [0, 0.1) is 0 Å². The molecule has 0 radical (unpaired) electrons. The second-order valence-electron chi connectivity index (χ2n) is 9.76. The van der Waals surface area contributed by atoms with Crippen molar-refractivity contribution in [1.29, 1.82) is 0 Å². The molecular formula is C28H31N7O4. The third-order valence-corrected chi connectivity index (χ3v) is 7.13. The number of aromatic nitrogens is 5. The van der Waals surface area contributed by atoms with E-state index in [0.29, 0.717) is 50.8 Å². The standard InChI is InChI=1S/C28H31N7O4/c36-27(37)15-25(23-17-29-18-26(33-23)34-9-12-38-13-10-34)35-24-6-5-22(14-20(24)16-31-35)39-11-7-21-4-3-19-2-1-8-30-28(19)32-21/h3-6,14,16-18,25H,1-2,7-13,15H2,(H,30,32)(H,36,37). The molecule has 1 aromatic carbocycles. The fourth-order valence-electron chi connectivity index (χ4n) is 5.11. The number of hydrogen-bond donors (Lipinski definition) is 2. The number of aryl methyl sites for hydroxylation is 1. The predicted molar refractivity (Wildman–Crippen MR) is 145 cm³/mol. The van der Waals surface area contributed by atoms with Crippen LogP contribution in [0.2, 0.25) is 0 Å². The number of anilines is 2. The summed E-state index contributed by atoms with van der Waals surface area (Å²) in [6, 6.07) is 9.33. The quantitative estimate of drug-likeness (QED) is 0.334. The number of carbonyl (C=O) groups is 1. The van der Waals surface area contributed by atoms with E-state index in [1.54, 1.807) is 23.3 Å². The summed E-state index contributed by atoms with van der Waals surface area (Å²) in [5.74, 6) is 1.49. The number of fused-ring (bicyclic) bond motifs is 2. The van der Waals surface area contributed by atoms with Crippen molar-refractivity contribution in [2.75, 3.05) is 49.7 Å². The second kappa shape index (κ2) is 11.2. The van der Waals surface area contributed by atoms with E-state index in [-0.39, 0.29) is 6.42 Å². The van der Waals surface area contributed by atoms with Crippen molar-refractivity contribution in [3.63, 3.8) is 0 Å². The summed E-state index contributed by atoms with van der Waals surface area (Å²) in [6.07, 6.45) is 7.79. The molecule has 6 rings (SSSR count). The van der Waals surface area contributed by atoms with Crippen LogP contribution in [-0.4, -0.2) is 75.3 Å². The van der Waals surface area contributed by atoms with Crippen molar-refractivity contribution < 1.29 is 19.4 Å². The highest BCUT2D eigenvalue weighted by molar-refractivity contribution is 5.81. The normalized spacial score (nSPS) is 15.9. The first-order chi connectivity index (χ1) is 19.1. The zero-order chi connectivity index (χ0) is 26.6. The van der Waals surface area contributed by atoms with Gasteiger partial charge in [-0.1, -0.05) is 6.07 Å². The van der Waals surface area contributed by atoms with E-state index in [1.165, 1.54) is 5.56 Å². The highest BCUT2D eigenvalue weighted by Crippen LogP contribution is 2.29. The molecule has 5 heterocycles. The lowest BCUT2D eigenvalue weighted by atomic mass is 10.1. The maximum atomic E-state index is 11.8. The van der Waals surface area contributed by atoms with Crippen molar-refractivity contribution in [2.45, 2.75) is 31.7 Å². The Balaban J connectivity index is 1.18. The number of ether oxygens (including phenoxy) is 2. The predicted octanol–water partition coefficient (Wildman–Crippen LogP) is 3.10. The van der Waals surface area contributed by atoms with Gasteiger partial charge in [0.25, 0.3) is 0 Å². The van der Waals surface area contributed by atoms with Crippen LogP contribution in [0.25, 0.3) is 10.9 Å². The van der Waals surface area contributed by atoms with Gasteiger partial charge in [0, 0.05) is 37.1 Å². The number of hydrogen-bond acceptors (Lipinski definition) is 9. The molecule has 0 bridgehead atoms. The zero-order valence-corrected chi connectivity index (χ0v) is 21.6. The van der Waals surface area contributed by atoms with Crippen LogP contribution in [0.3, 0.4) is 0 Å². The van der Waals surface area contributed by atoms with Gasteiger partial charge in [-0.3, -0.25) is 14.5 Å². The maximum Gasteiger partial charge on any atom is 0.305 e. The number of nitrogens with zero attached hydrogens (tertiary/aromatic N) is 6. The molecule has 11 nitrogen and oxygen atoms in total. The van der Waals surface area contributed by atoms with Gasteiger partial charge in [0.2, 0.25) is 0 Å². The highest BCUT2D eigenvalue weighted by Gasteiger charge is 2.24. The molecule has 2 N–H and O–H groups in total. The van der Waals surface area contributed by atoms with Gasteiger partial charge in [-0.05, 0) is 42.7 Å². The Bertz CT molecular complexity index is 1470. The summed E-state index contributed by atoms with van der Waals surface area (Å²) in [5, 5.41) is 18.5. The minimum atomic E-state index is -0.937. The van der Waals surface area contributed by atoms with E-state index in [4.69, 9.17) is 19.4 Å². The lowest BCUT2D eigenvalue weighted by Crippen LogP contribution is -2.37. The number of rotatable bonds is 9. The van der Waals surface area contributed by atoms with Crippen LogP contribution in [-0.2, 0) is 22.4 Å². The van der Waals surface area contributed by atoms with Crippen molar-refractivity contribution >= 4 is 28.5 Å². The van der Waals surface area contributed by atoms with Crippen LogP contribution in [0.4, 0.5) is 11.6 Å². The molecule has 4 aromatic rings. The largest absolute Gasteiger partial charge is 0.493 e. The molecule has 11 heteroatoms. The molecule has 1 atom stereocenters. The number of morpholine rings is 1. The molecule has 0 spiro atoms. The van der Waals surface area contributed by atoms with Crippen LogP contribution in [0.15, 0.2) is 48.9 Å². The Morgan fingerprint density at radius 2 is 2.03 bits per heavy atom. The van der Waals surface area contributed by atoms with Crippen molar-refractivity contribution in [3.8, 4) is 5.75 Å². The summed E-state index contributed by atoms with van der Waals surface area (Å²) in [6.45, 7) is 4.15. The first-order valence-corrected chi connectivity index (χ1v) is 13.3. The molecular weight excluding hydrogens is 498 g/mol. The smallest absolute Gasteiger partial charge is 0.305 e. The molecule has 39 heavy (non-hydrogen) atoms. The van der Waals surface area contributed by atoms with Gasteiger partial charge in [-0.2, -0.15) is 5.10 Å². The Morgan fingerprint density at radius 1 is 1.13 bits per heavy atom. The van der Waals surface area contributed by atoms with Gasteiger partial charge < -0.3 is 24.8 Å². The molecule has 2 aliphatic rings. The van der Waals surface area contributed by atoms with Crippen LogP contribution in [0.1, 0.15) is 35.8 Å². The third kappa shape index (κ3) is 5.63. The van der Waals surface area contributed by atoms with Gasteiger partial charge >= 0.3 is 5.97 Å². The highest BCUT2D eigenvalue weighted by atomic mass is 16.5. The first-order valence-electron chi connectivity index (χ1n) is 13.3. The average Bonchev–Trinajstić information content (AvgIpc) is 3.39. The number of pyridine rings is 1. The van der Waals surface area contributed by atoms with Crippen LogP contribution >= 0.6 is 0 Å². The van der Waals surface area contributed by atoms with Crippen molar-refractivity contribution in [3.05, 3.63) is 65.9 Å². The summed E-state index contributed by atoms with van der Waals surface area (Å²) < 4.78 is 13.2. The Morgan fingerprint density at radius 3 is 2.90 bits per heavy atom. The Labute approximate surface area is 225 Å². The molecule has 0 saturated carbocycles. The van der Waals surface area contributed by atoms with E-state index in [2.05, 4.69) is 32.4 Å². The number of carboxylic acids is 1. The average molecular weight is 530 g/mol. The molecule has 1 fully saturated rings. The zero-order valence-electron chi connectivity index (χ0n) is 21.6. The van der Waals surface area contributed by atoms with Gasteiger partial charge in [0.1, 0.15) is 23.4 Å². The minimum Gasteiger partial charge on any atom is -0.493 e. The van der Waals surface area contributed by atoms with Gasteiger partial charge in [0.15, 0.2) is 0 Å². The first kappa shape index (κ1) is 25.1. The van der Waals surface area contributed by atoms with Crippen LogP contribution < -0.4 is 15.0 Å². The number of nitrogens with one attached hydrogen (secondary N) is 1. The Hall–Kier alpha value is -4.25. The fourth-order valence-corrected chi connectivity index (χ4v) is 5.11. The summed E-state index contributed by atoms with van der Waals surface area (Å²) in [5.41, 5.74) is 3.62. The molecule has 202 valence electrons. The Kier molecular flexibility index (Phi) is 7.22. The van der Waals surface area contributed by atoms with Gasteiger partial charge in [-0.15, -0.1) is 0 Å². The minimum absolute atomic E-state index is 0.168. The fraction of sp³-hybridized carbons (Fsp3) is 0.393. The molecule has 1 unspecified atom stereocenters. The van der Waals surface area contributed by atoms with Crippen LogP contribution in [0.5, 0.6) is 5.75 Å². The molecule has 0 aliphatic carbocycles. The lowest BCUT2D eigenvalue weighted by molar-refractivity contribution is -0.137. The third-order valence-electron chi connectivity index (χ3n) is 7.13. The van der Waals surface area contributed by atoms with E-state index in [0.717, 1.165) is 47.6 Å².